The lowest BCUT2D eigenvalue weighted by Gasteiger charge is -2.27. The molecule has 6 nitrogen and oxygen atoms in total. The second kappa shape index (κ2) is 9.75. The lowest BCUT2D eigenvalue weighted by Crippen LogP contribution is -2.42. The molecule has 6 heteroatoms. The minimum Gasteiger partial charge on any atom is -0.465 e. The van der Waals surface area contributed by atoms with Crippen LogP contribution in [0.25, 0.3) is 0 Å². The van der Waals surface area contributed by atoms with E-state index in [1.165, 1.54) is 0 Å². The highest BCUT2D eigenvalue weighted by Gasteiger charge is 2.46. The molecule has 0 radical (unpaired) electrons. The zero-order chi connectivity index (χ0) is 14.7. The lowest BCUT2D eigenvalue weighted by molar-refractivity contribution is -0.174. The molecular formula is C13H24O6. The molecule has 0 saturated heterocycles. The third-order valence-electron chi connectivity index (χ3n) is 2.84. The Morgan fingerprint density at radius 3 is 1.89 bits per heavy atom. The van der Waals surface area contributed by atoms with Crippen LogP contribution in [0.4, 0.5) is 0 Å². The van der Waals surface area contributed by atoms with Gasteiger partial charge in [0.15, 0.2) is 5.41 Å². The van der Waals surface area contributed by atoms with Crippen molar-refractivity contribution in [2.24, 2.45) is 5.41 Å². The van der Waals surface area contributed by atoms with Gasteiger partial charge in [0.25, 0.3) is 0 Å². The predicted molar refractivity (Wildman–Crippen MR) is 68.5 cm³/mol. The topological polar surface area (TPSA) is 82.1 Å². The Kier molecular flexibility index (Phi) is 9.16. The van der Waals surface area contributed by atoms with E-state index in [0.29, 0.717) is 0 Å². The van der Waals surface area contributed by atoms with Crippen molar-refractivity contribution in [2.45, 2.75) is 33.6 Å². The standard InChI is InChI=1S/C13H24O6/c1-4-13(11(15)18-5-2,12(16)19-6-3)7-9-17-10-8-14/h14H,4-10H2,1-3H3. The molecule has 19 heavy (non-hydrogen) atoms. The average Bonchev–Trinajstić information content (AvgIpc) is 2.40. The fraction of sp³-hybridized carbons (Fsp3) is 0.846. The van der Waals surface area contributed by atoms with Gasteiger partial charge in [-0.15, -0.1) is 0 Å². The van der Waals surface area contributed by atoms with E-state index >= 15 is 0 Å². The number of esters is 2. The van der Waals surface area contributed by atoms with E-state index in [1.54, 1.807) is 20.8 Å². The first-order valence-electron chi connectivity index (χ1n) is 6.62. The molecule has 0 heterocycles. The Hall–Kier alpha value is -1.14. The fourth-order valence-electron chi connectivity index (χ4n) is 1.70. The van der Waals surface area contributed by atoms with E-state index < -0.39 is 17.4 Å². The summed E-state index contributed by atoms with van der Waals surface area (Å²) in [6.07, 6.45) is 0.467. The molecule has 0 aromatic rings. The van der Waals surface area contributed by atoms with Gasteiger partial charge in [0.1, 0.15) is 0 Å². The number of rotatable bonds is 10. The monoisotopic (exact) mass is 276 g/mol. The van der Waals surface area contributed by atoms with Crippen molar-refractivity contribution in [3.8, 4) is 0 Å². The lowest BCUT2D eigenvalue weighted by atomic mass is 9.82. The Bertz CT molecular complexity index is 258. The zero-order valence-corrected chi connectivity index (χ0v) is 11.9. The molecule has 0 amide bonds. The summed E-state index contributed by atoms with van der Waals surface area (Å²) < 4.78 is 15.1. The van der Waals surface area contributed by atoms with Gasteiger partial charge in [-0.1, -0.05) is 6.92 Å². The molecule has 0 fully saturated rings. The second-order valence-electron chi connectivity index (χ2n) is 3.96. The van der Waals surface area contributed by atoms with Gasteiger partial charge in [-0.05, 0) is 26.7 Å². The van der Waals surface area contributed by atoms with Crippen LogP contribution in [0.2, 0.25) is 0 Å². The Morgan fingerprint density at radius 1 is 1.00 bits per heavy atom. The van der Waals surface area contributed by atoms with E-state index in [-0.39, 0.29) is 45.9 Å². The maximum absolute atomic E-state index is 12.0. The van der Waals surface area contributed by atoms with Crippen molar-refractivity contribution in [3.05, 3.63) is 0 Å². The number of aliphatic hydroxyl groups is 1. The van der Waals surface area contributed by atoms with E-state index in [0.717, 1.165) is 0 Å². The number of aliphatic hydroxyl groups excluding tert-OH is 1. The van der Waals surface area contributed by atoms with E-state index in [2.05, 4.69) is 0 Å². The highest BCUT2D eigenvalue weighted by atomic mass is 16.6. The molecule has 0 atom stereocenters. The smallest absolute Gasteiger partial charge is 0.323 e. The van der Waals surface area contributed by atoms with E-state index in [9.17, 15) is 9.59 Å². The molecule has 0 bridgehead atoms. The van der Waals surface area contributed by atoms with Crippen molar-refractivity contribution in [3.63, 3.8) is 0 Å². The van der Waals surface area contributed by atoms with Gasteiger partial charge in [0.05, 0.1) is 26.4 Å². The quantitative estimate of drug-likeness (QED) is 0.363. The molecule has 0 aromatic heterocycles. The summed E-state index contributed by atoms with van der Waals surface area (Å²) in [7, 11) is 0. The SMILES string of the molecule is CCOC(=O)C(CC)(CCOCCO)C(=O)OCC. The van der Waals surface area contributed by atoms with Gasteiger partial charge in [-0.2, -0.15) is 0 Å². The van der Waals surface area contributed by atoms with Crippen molar-refractivity contribution in [2.75, 3.05) is 33.0 Å². The second-order valence-corrected chi connectivity index (χ2v) is 3.96. The van der Waals surface area contributed by atoms with Crippen LogP contribution in [-0.2, 0) is 23.8 Å². The third-order valence-corrected chi connectivity index (χ3v) is 2.84. The molecule has 0 spiro atoms. The molecular weight excluding hydrogens is 252 g/mol. The van der Waals surface area contributed by atoms with E-state index in [1.807, 2.05) is 0 Å². The summed E-state index contributed by atoms with van der Waals surface area (Å²) in [5.41, 5.74) is -1.32. The normalized spacial score (nSPS) is 11.2. The van der Waals surface area contributed by atoms with Gasteiger partial charge < -0.3 is 19.3 Å². The molecule has 0 aliphatic carbocycles. The summed E-state index contributed by atoms with van der Waals surface area (Å²) >= 11 is 0. The first-order valence-corrected chi connectivity index (χ1v) is 6.62. The van der Waals surface area contributed by atoms with Crippen molar-refractivity contribution < 1.29 is 28.9 Å². The maximum atomic E-state index is 12.0. The summed E-state index contributed by atoms with van der Waals surface area (Å²) in [6.45, 7) is 5.78. The molecule has 0 unspecified atom stereocenters. The van der Waals surface area contributed by atoms with Crippen molar-refractivity contribution in [1.82, 2.24) is 0 Å². The maximum Gasteiger partial charge on any atom is 0.323 e. The first kappa shape index (κ1) is 17.9. The molecule has 0 aliphatic heterocycles. The number of hydrogen-bond donors (Lipinski definition) is 1. The summed E-state index contributed by atoms with van der Waals surface area (Å²) in [6, 6.07) is 0. The molecule has 0 aliphatic rings. The number of carbonyl (C=O) groups excluding carboxylic acids is 2. The summed E-state index contributed by atoms with van der Waals surface area (Å²) in [5.74, 6) is -1.16. The molecule has 0 saturated carbocycles. The Morgan fingerprint density at radius 2 is 1.53 bits per heavy atom. The highest BCUT2D eigenvalue weighted by molar-refractivity contribution is 6.00. The van der Waals surface area contributed by atoms with Gasteiger partial charge in [-0.3, -0.25) is 9.59 Å². The fourth-order valence-corrected chi connectivity index (χ4v) is 1.70. The van der Waals surface area contributed by atoms with Crippen LogP contribution in [0.3, 0.4) is 0 Å². The molecule has 0 rings (SSSR count). The van der Waals surface area contributed by atoms with Crippen molar-refractivity contribution >= 4 is 11.9 Å². The molecule has 112 valence electrons. The van der Waals surface area contributed by atoms with Gasteiger partial charge in [0.2, 0.25) is 0 Å². The first-order chi connectivity index (χ1) is 9.08. The Balaban J connectivity index is 4.84. The van der Waals surface area contributed by atoms with Crippen LogP contribution in [0.1, 0.15) is 33.6 Å². The van der Waals surface area contributed by atoms with Crippen LogP contribution >= 0.6 is 0 Å². The molecule has 0 aromatic carbocycles. The van der Waals surface area contributed by atoms with Gasteiger partial charge in [-0.25, -0.2) is 0 Å². The summed E-state index contributed by atoms with van der Waals surface area (Å²) in [5, 5.41) is 8.63. The van der Waals surface area contributed by atoms with Crippen LogP contribution in [0.15, 0.2) is 0 Å². The Labute approximate surface area is 114 Å². The van der Waals surface area contributed by atoms with Crippen molar-refractivity contribution in [1.29, 1.82) is 0 Å². The third kappa shape index (κ3) is 5.16. The van der Waals surface area contributed by atoms with Crippen LogP contribution < -0.4 is 0 Å². The minimum atomic E-state index is -1.32. The van der Waals surface area contributed by atoms with Crippen LogP contribution in [0, 0.1) is 5.41 Å². The zero-order valence-electron chi connectivity index (χ0n) is 11.9. The van der Waals surface area contributed by atoms with Crippen LogP contribution in [0.5, 0.6) is 0 Å². The van der Waals surface area contributed by atoms with Gasteiger partial charge in [0, 0.05) is 6.61 Å². The van der Waals surface area contributed by atoms with E-state index in [4.69, 9.17) is 19.3 Å². The molecule has 1 N–H and O–H groups in total. The van der Waals surface area contributed by atoms with Gasteiger partial charge >= 0.3 is 11.9 Å². The highest BCUT2D eigenvalue weighted by Crippen LogP contribution is 2.30. The number of ether oxygens (including phenoxy) is 3. The van der Waals surface area contributed by atoms with Crippen LogP contribution in [-0.4, -0.2) is 50.1 Å². The summed E-state index contributed by atoms with van der Waals surface area (Å²) in [4.78, 5) is 24.1. The number of carbonyl (C=O) groups is 2. The largest absolute Gasteiger partial charge is 0.465 e. The minimum absolute atomic E-state index is 0.0993. The number of hydrogen-bond acceptors (Lipinski definition) is 6. The predicted octanol–water partition coefficient (Wildman–Crippen LogP) is 0.908. The average molecular weight is 276 g/mol.